The fraction of sp³-hybridized carbons (Fsp3) is 0.333. The van der Waals surface area contributed by atoms with Gasteiger partial charge in [-0.15, -0.1) is 0 Å². The van der Waals surface area contributed by atoms with Crippen LogP contribution in [0.5, 0.6) is 0 Å². The average Bonchev–Trinajstić information content (AvgIpc) is 2.64. The average molecular weight is 253 g/mol. The van der Waals surface area contributed by atoms with Gasteiger partial charge in [0.2, 0.25) is 0 Å². The minimum Gasteiger partial charge on any atom is -0.392 e. The van der Waals surface area contributed by atoms with E-state index in [-0.39, 0.29) is 12.4 Å². The van der Waals surface area contributed by atoms with Crippen LogP contribution < -0.4 is 0 Å². The number of nitrogens with zero attached hydrogens (tertiary/aromatic N) is 1. The lowest BCUT2D eigenvalue weighted by Crippen LogP contribution is -2.10. The summed E-state index contributed by atoms with van der Waals surface area (Å²) in [6.45, 7) is 0.381. The topological polar surface area (TPSA) is 59.3 Å². The van der Waals surface area contributed by atoms with E-state index in [9.17, 15) is 13.5 Å². The van der Waals surface area contributed by atoms with Crippen molar-refractivity contribution in [2.75, 3.05) is 12.0 Å². The molecule has 0 unspecified atom stereocenters. The molecule has 0 aliphatic rings. The van der Waals surface area contributed by atoms with E-state index in [4.69, 9.17) is 0 Å². The molecular weight excluding hydrogens is 238 g/mol. The van der Waals surface area contributed by atoms with Gasteiger partial charge in [-0.1, -0.05) is 18.2 Å². The Balaban J connectivity index is 2.41. The van der Waals surface area contributed by atoms with E-state index < -0.39 is 9.84 Å². The van der Waals surface area contributed by atoms with Gasteiger partial charge in [-0.3, -0.25) is 0 Å². The first-order valence-electron chi connectivity index (χ1n) is 5.36. The number of para-hydroxylation sites is 1. The van der Waals surface area contributed by atoms with Crippen LogP contribution in [0.15, 0.2) is 30.5 Å². The summed E-state index contributed by atoms with van der Waals surface area (Å²) >= 11 is 0. The number of rotatable bonds is 4. The Morgan fingerprint density at radius 1 is 1.29 bits per heavy atom. The first-order valence-corrected chi connectivity index (χ1v) is 7.42. The molecule has 1 heterocycles. The third-order valence-corrected chi connectivity index (χ3v) is 3.67. The lowest BCUT2D eigenvalue weighted by atomic mass is 10.2. The Morgan fingerprint density at radius 3 is 2.65 bits per heavy atom. The highest BCUT2D eigenvalue weighted by molar-refractivity contribution is 7.90. The van der Waals surface area contributed by atoms with Gasteiger partial charge in [0.25, 0.3) is 0 Å². The van der Waals surface area contributed by atoms with Crippen LogP contribution in [0.25, 0.3) is 10.9 Å². The molecule has 17 heavy (non-hydrogen) atoms. The summed E-state index contributed by atoms with van der Waals surface area (Å²) in [7, 11) is -2.97. The molecule has 0 radical (unpaired) electrons. The molecule has 2 aromatic rings. The van der Waals surface area contributed by atoms with Crippen LogP contribution in [-0.2, 0) is 23.0 Å². The fourth-order valence-corrected chi connectivity index (χ4v) is 2.43. The summed E-state index contributed by atoms with van der Waals surface area (Å²) in [6.07, 6.45) is 3.04. The van der Waals surface area contributed by atoms with Crippen LogP contribution >= 0.6 is 0 Å². The second-order valence-corrected chi connectivity index (χ2v) is 6.41. The number of aliphatic hydroxyl groups excluding tert-OH is 1. The van der Waals surface area contributed by atoms with Crippen LogP contribution in [0, 0.1) is 0 Å². The summed E-state index contributed by atoms with van der Waals surface area (Å²) in [5.74, 6) is 0.108. The molecule has 1 aromatic carbocycles. The van der Waals surface area contributed by atoms with Crippen LogP contribution in [-0.4, -0.2) is 30.1 Å². The van der Waals surface area contributed by atoms with E-state index in [1.54, 1.807) is 0 Å². The maximum atomic E-state index is 11.2. The molecule has 5 heteroatoms. The van der Waals surface area contributed by atoms with Crippen LogP contribution in [0.2, 0.25) is 0 Å². The van der Waals surface area contributed by atoms with Crippen LogP contribution in [0.3, 0.4) is 0 Å². The van der Waals surface area contributed by atoms with Gasteiger partial charge < -0.3 is 9.67 Å². The minimum atomic E-state index is -2.97. The van der Waals surface area contributed by atoms with Gasteiger partial charge in [-0.2, -0.15) is 0 Å². The van der Waals surface area contributed by atoms with Crippen molar-refractivity contribution >= 4 is 20.7 Å². The minimum absolute atomic E-state index is 0.0353. The van der Waals surface area contributed by atoms with Crippen molar-refractivity contribution in [3.05, 3.63) is 36.0 Å². The number of aliphatic hydroxyl groups is 1. The molecule has 0 amide bonds. The molecule has 0 bridgehead atoms. The third-order valence-electron chi connectivity index (χ3n) is 2.74. The Morgan fingerprint density at radius 2 is 2.00 bits per heavy atom. The van der Waals surface area contributed by atoms with E-state index >= 15 is 0 Å². The molecule has 0 aliphatic heterocycles. The zero-order valence-electron chi connectivity index (χ0n) is 9.63. The first kappa shape index (κ1) is 12.1. The second kappa shape index (κ2) is 4.50. The Labute approximate surface area is 100 Å². The number of hydrogen-bond acceptors (Lipinski definition) is 3. The lowest BCUT2D eigenvalue weighted by molar-refractivity contribution is 0.283. The quantitative estimate of drug-likeness (QED) is 0.890. The maximum absolute atomic E-state index is 11.2. The number of benzene rings is 1. The van der Waals surface area contributed by atoms with E-state index in [0.29, 0.717) is 6.54 Å². The monoisotopic (exact) mass is 253 g/mol. The molecule has 4 nitrogen and oxygen atoms in total. The van der Waals surface area contributed by atoms with Crippen LogP contribution in [0.4, 0.5) is 0 Å². The standard InChI is InChI=1S/C12H15NO3S/c1-17(15,16)7-6-13-8-10(9-14)11-4-2-3-5-12(11)13/h2-5,8,14H,6-7,9H2,1H3. The normalized spacial score (nSPS) is 12.1. The van der Waals surface area contributed by atoms with Gasteiger partial charge >= 0.3 is 0 Å². The molecule has 0 saturated heterocycles. The Kier molecular flexibility index (Phi) is 3.22. The molecule has 1 aromatic heterocycles. The van der Waals surface area contributed by atoms with Crippen molar-refractivity contribution in [3.8, 4) is 0 Å². The third kappa shape index (κ3) is 2.68. The van der Waals surface area contributed by atoms with E-state index in [0.717, 1.165) is 16.5 Å². The molecule has 92 valence electrons. The fourth-order valence-electron chi connectivity index (χ4n) is 1.90. The zero-order valence-corrected chi connectivity index (χ0v) is 10.4. The maximum Gasteiger partial charge on any atom is 0.149 e. The van der Waals surface area contributed by atoms with Crippen molar-refractivity contribution in [2.45, 2.75) is 13.2 Å². The molecule has 2 rings (SSSR count). The summed E-state index contributed by atoms with van der Waals surface area (Å²) in [4.78, 5) is 0. The summed E-state index contributed by atoms with van der Waals surface area (Å²) < 4.78 is 24.2. The molecule has 0 spiro atoms. The second-order valence-electron chi connectivity index (χ2n) is 4.15. The van der Waals surface area contributed by atoms with E-state index in [1.807, 2.05) is 35.0 Å². The highest BCUT2D eigenvalue weighted by Crippen LogP contribution is 2.21. The Bertz CT molecular complexity index is 628. The summed E-state index contributed by atoms with van der Waals surface area (Å²) in [5, 5.41) is 10.2. The van der Waals surface area contributed by atoms with Gasteiger partial charge in [0.15, 0.2) is 0 Å². The predicted molar refractivity (Wildman–Crippen MR) is 67.6 cm³/mol. The van der Waals surface area contributed by atoms with Crippen LogP contribution in [0.1, 0.15) is 5.56 Å². The van der Waals surface area contributed by atoms with E-state index in [2.05, 4.69) is 0 Å². The van der Waals surface area contributed by atoms with Gasteiger partial charge in [-0.25, -0.2) is 8.42 Å². The van der Waals surface area contributed by atoms with Gasteiger partial charge in [0.1, 0.15) is 9.84 Å². The summed E-state index contributed by atoms with van der Waals surface area (Å²) in [5.41, 5.74) is 1.79. The van der Waals surface area contributed by atoms with Crippen molar-refractivity contribution in [3.63, 3.8) is 0 Å². The van der Waals surface area contributed by atoms with Crippen molar-refractivity contribution < 1.29 is 13.5 Å². The predicted octanol–water partition coefficient (Wildman–Crippen LogP) is 1.18. The van der Waals surface area contributed by atoms with Gasteiger partial charge in [0.05, 0.1) is 12.4 Å². The van der Waals surface area contributed by atoms with Gasteiger partial charge in [0, 0.05) is 35.5 Å². The molecule has 1 N–H and O–H groups in total. The molecule has 0 fully saturated rings. The smallest absolute Gasteiger partial charge is 0.149 e. The van der Waals surface area contributed by atoms with Crippen molar-refractivity contribution in [1.82, 2.24) is 4.57 Å². The molecular formula is C12H15NO3S. The summed E-state index contributed by atoms with van der Waals surface area (Å²) in [6, 6.07) is 7.66. The largest absolute Gasteiger partial charge is 0.392 e. The highest BCUT2D eigenvalue weighted by atomic mass is 32.2. The SMILES string of the molecule is CS(=O)(=O)CCn1cc(CO)c2ccccc21. The van der Waals surface area contributed by atoms with Crippen molar-refractivity contribution in [1.29, 1.82) is 0 Å². The number of aryl methyl sites for hydroxylation is 1. The zero-order chi connectivity index (χ0) is 12.5. The number of fused-ring (bicyclic) bond motifs is 1. The molecule has 0 saturated carbocycles. The highest BCUT2D eigenvalue weighted by Gasteiger charge is 2.09. The van der Waals surface area contributed by atoms with Crippen molar-refractivity contribution in [2.24, 2.45) is 0 Å². The van der Waals surface area contributed by atoms with Gasteiger partial charge in [-0.05, 0) is 6.07 Å². The number of sulfone groups is 1. The molecule has 0 aliphatic carbocycles. The number of hydrogen-bond donors (Lipinski definition) is 1. The number of aromatic nitrogens is 1. The van der Waals surface area contributed by atoms with E-state index in [1.165, 1.54) is 6.26 Å². The lowest BCUT2D eigenvalue weighted by Gasteiger charge is -2.03. The Hall–Kier alpha value is -1.33. The molecule has 0 atom stereocenters. The first-order chi connectivity index (χ1) is 8.01.